The van der Waals surface area contributed by atoms with Crippen molar-refractivity contribution < 1.29 is 14.8 Å². The van der Waals surface area contributed by atoms with E-state index in [0.29, 0.717) is 11.4 Å². The fourth-order valence-corrected chi connectivity index (χ4v) is 1.98. The average Bonchev–Trinajstić information content (AvgIpc) is 2.87. The third kappa shape index (κ3) is 3.04. The predicted octanol–water partition coefficient (Wildman–Crippen LogP) is 2.13. The van der Waals surface area contributed by atoms with Crippen molar-refractivity contribution in [2.24, 2.45) is 5.92 Å². The zero-order valence-electron chi connectivity index (χ0n) is 11.5. The Labute approximate surface area is 120 Å². The van der Waals surface area contributed by atoms with Gasteiger partial charge in [-0.25, -0.2) is 14.5 Å². The minimum Gasteiger partial charge on any atom is -0.480 e. The van der Waals surface area contributed by atoms with E-state index in [1.54, 1.807) is 13.8 Å². The van der Waals surface area contributed by atoms with Crippen LogP contribution in [-0.2, 0) is 4.79 Å². The number of carbonyl (C=O) groups is 1. The van der Waals surface area contributed by atoms with E-state index in [1.165, 1.54) is 35.3 Å². The van der Waals surface area contributed by atoms with Crippen molar-refractivity contribution in [2.45, 2.75) is 19.9 Å². The van der Waals surface area contributed by atoms with Crippen LogP contribution in [0.15, 0.2) is 30.6 Å². The van der Waals surface area contributed by atoms with E-state index in [9.17, 15) is 20.0 Å². The Kier molecular flexibility index (Phi) is 3.97. The van der Waals surface area contributed by atoms with Crippen molar-refractivity contribution in [3.8, 4) is 11.4 Å². The summed E-state index contributed by atoms with van der Waals surface area (Å²) >= 11 is 0. The second-order valence-corrected chi connectivity index (χ2v) is 4.88. The highest BCUT2D eigenvalue weighted by molar-refractivity contribution is 5.72. The molecule has 1 atom stereocenters. The third-order valence-electron chi connectivity index (χ3n) is 3.01. The molecule has 0 aliphatic heterocycles. The molecule has 2 aromatic rings. The number of rotatable bonds is 5. The monoisotopic (exact) mass is 290 g/mol. The Morgan fingerprint density at radius 1 is 1.33 bits per heavy atom. The molecule has 2 rings (SSSR count). The summed E-state index contributed by atoms with van der Waals surface area (Å²) < 4.78 is 1.30. The SMILES string of the molecule is CC(C)C(C(=O)O)n1cnc(-c2ccc([N+](=O)[O-])cc2)n1. The van der Waals surface area contributed by atoms with E-state index >= 15 is 0 Å². The van der Waals surface area contributed by atoms with Gasteiger partial charge in [0.05, 0.1) is 4.92 Å². The standard InChI is InChI=1S/C13H14N4O4/c1-8(2)11(13(18)19)16-7-14-12(15-16)9-3-5-10(6-4-9)17(20)21/h3-8,11H,1-2H3,(H,18,19). The smallest absolute Gasteiger partial charge is 0.328 e. The van der Waals surface area contributed by atoms with E-state index in [2.05, 4.69) is 10.1 Å². The van der Waals surface area contributed by atoms with Crippen LogP contribution in [0.4, 0.5) is 5.69 Å². The largest absolute Gasteiger partial charge is 0.480 e. The molecule has 0 saturated heterocycles. The van der Waals surface area contributed by atoms with Crippen LogP contribution in [0, 0.1) is 16.0 Å². The van der Waals surface area contributed by atoms with Crippen LogP contribution in [-0.4, -0.2) is 30.8 Å². The molecule has 1 aromatic carbocycles. The summed E-state index contributed by atoms with van der Waals surface area (Å²) in [5.41, 5.74) is 0.566. The molecular formula is C13H14N4O4. The number of nitrogens with zero attached hydrogens (tertiary/aromatic N) is 4. The molecule has 0 amide bonds. The Bertz CT molecular complexity index is 663. The summed E-state index contributed by atoms with van der Waals surface area (Å²) in [5.74, 6) is -0.796. The van der Waals surface area contributed by atoms with Crippen LogP contribution in [0.1, 0.15) is 19.9 Å². The van der Waals surface area contributed by atoms with Crippen molar-refractivity contribution in [3.63, 3.8) is 0 Å². The number of non-ortho nitro benzene ring substituents is 1. The van der Waals surface area contributed by atoms with E-state index in [1.807, 2.05) is 0 Å². The molecule has 0 saturated carbocycles. The van der Waals surface area contributed by atoms with E-state index in [4.69, 9.17) is 0 Å². The van der Waals surface area contributed by atoms with Crippen molar-refractivity contribution in [1.29, 1.82) is 0 Å². The molecule has 0 fully saturated rings. The van der Waals surface area contributed by atoms with Gasteiger partial charge in [0, 0.05) is 17.7 Å². The summed E-state index contributed by atoms with van der Waals surface area (Å²) in [5, 5.41) is 24.0. The molecule has 1 unspecified atom stereocenters. The first-order valence-electron chi connectivity index (χ1n) is 6.29. The van der Waals surface area contributed by atoms with Crippen molar-refractivity contribution in [3.05, 3.63) is 40.7 Å². The minimum atomic E-state index is -0.981. The first-order valence-corrected chi connectivity index (χ1v) is 6.29. The molecule has 1 heterocycles. The number of nitro groups is 1. The molecule has 0 spiro atoms. The van der Waals surface area contributed by atoms with Gasteiger partial charge >= 0.3 is 5.97 Å². The molecule has 21 heavy (non-hydrogen) atoms. The maximum absolute atomic E-state index is 11.2. The summed E-state index contributed by atoms with van der Waals surface area (Å²) in [6.45, 7) is 3.57. The Hall–Kier alpha value is -2.77. The zero-order valence-corrected chi connectivity index (χ0v) is 11.5. The van der Waals surface area contributed by atoms with Gasteiger partial charge in [-0.2, -0.15) is 5.10 Å². The lowest BCUT2D eigenvalue weighted by Gasteiger charge is -2.15. The normalized spacial score (nSPS) is 12.3. The first kappa shape index (κ1) is 14.6. The maximum Gasteiger partial charge on any atom is 0.328 e. The molecule has 1 aromatic heterocycles. The fraction of sp³-hybridized carbons (Fsp3) is 0.308. The number of carboxylic acid groups (broad SMARTS) is 1. The molecular weight excluding hydrogens is 276 g/mol. The molecule has 1 N–H and O–H groups in total. The Morgan fingerprint density at radius 2 is 1.95 bits per heavy atom. The fourth-order valence-electron chi connectivity index (χ4n) is 1.98. The number of carboxylic acids is 1. The van der Waals surface area contributed by atoms with Gasteiger partial charge in [-0.05, 0) is 18.1 Å². The number of nitro benzene ring substituents is 1. The number of hydrogen-bond donors (Lipinski definition) is 1. The lowest BCUT2D eigenvalue weighted by atomic mass is 10.1. The van der Waals surface area contributed by atoms with Gasteiger partial charge in [0.1, 0.15) is 6.33 Å². The topological polar surface area (TPSA) is 111 Å². The summed E-state index contributed by atoms with van der Waals surface area (Å²) in [6, 6.07) is 4.97. The average molecular weight is 290 g/mol. The second kappa shape index (κ2) is 5.70. The van der Waals surface area contributed by atoms with E-state index in [-0.39, 0.29) is 11.6 Å². The van der Waals surface area contributed by atoms with Crippen LogP contribution >= 0.6 is 0 Å². The van der Waals surface area contributed by atoms with E-state index in [0.717, 1.165) is 0 Å². The lowest BCUT2D eigenvalue weighted by molar-refractivity contribution is -0.384. The van der Waals surface area contributed by atoms with Gasteiger partial charge in [-0.15, -0.1) is 0 Å². The van der Waals surface area contributed by atoms with Gasteiger partial charge in [0.25, 0.3) is 5.69 Å². The van der Waals surface area contributed by atoms with E-state index < -0.39 is 16.9 Å². The maximum atomic E-state index is 11.2. The minimum absolute atomic E-state index is 0.0243. The molecule has 8 nitrogen and oxygen atoms in total. The van der Waals surface area contributed by atoms with Crippen LogP contribution in [0.2, 0.25) is 0 Å². The van der Waals surface area contributed by atoms with Gasteiger partial charge in [-0.1, -0.05) is 13.8 Å². The van der Waals surface area contributed by atoms with Crippen LogP contribution in [0.25, 0.3) is 11.4 Å². The van der Waals surface area contributed by atoms with Crippen LogP contribution < -0.4 is 0 Å². The molecule has 110 valence electrons. The number of benzene rings is 1. The molecule has 8 heteroatoms. The molecule has 0 radical (unpaired) electrons. The highest BCUT2D eigenvalue weighted by Crippen LogP contribution is 2.22. The number of hydrogen-bond acceptors (Lipinski definition) is 5. The first-order chi connectivity index (χ1) is 9.90. The number of aliphatic carboxylic acids is 1. The highest BCUT2D eigenvalue weighted by atomic mass is 16.6. The van der Waals surface area contributed by atoms with Gasteiger partial charge in [0.15, 0.2) is 11.9 Å². The summed E-state index contributed by atoms with van der Waals surface area (Å²) in [4.78, 5) is 25.4. The van der Waals surface area contributed by atoms with Gasteiger partial charge in [0.2, 0.25) is 0 Å². The van der Waals surface area contributed by atoms with Crippen LogP contribution in [0.3, 0.4) is 0 Å². The quantitative estimate of drug-likeness (QED) is 0.667. The molecule has 0 aliphatic rings. The van der Waals surface area contributed by atoms with Crippen LogP contribution in [0.5, 0.6) is 0 Å². The van der Waals surface area contributed by atoms with Gasteiger partial charge < -0.3 is 5.11 Å². The molecule has 0 aliphatic carbocycles. The predicted molar refractivity (Wildman–Crippen MR) is 73.6 cm³/mol. The molecule has 0 bridgehead atoms. The van der Waals surface area contributed by atoms with Crippen molar-refractivity contribution in [1.82, 2.24) is 14.8 Å². The summed E-state index contributed by atoms with van der Waals surface area (Å²) in [7, 11) is 0. The Balaban J connectivity index is 2.31. The summed E-state index contributed by atoms with van der Waals surface area (Å²) in [6.07, 6.45) is 1.36. The number of aromatic nitrogens is 3. The zero-order chi connectivity index (χ0) is 15.6. The lowest BCUT2D eigenvalue weighted by Crippen LogP contribution is -2.24. The third-order valence-corrected chi connectivity index (χ3v) is 3.01. The Morgan fingerprint density at radius 3 is 2.43 bits per heavy atom. The van der Waals surface area contributed by atoms with Gasteiger partial charge in [-0.3, -0.25) is 10.1 Å². The highest BCUT2D eigenvalue weighted by Gasteiger charge is 2.25. The second-order valence-electron chi connectivity index (χ2n) is 4.88. The van der Waals surface area contributed by atoms with Crippen molar-refractivity contribution >= 4 is 11.7 Å². The van der Waals surface area contributed by atoms with Crippen molar-refractivity contribution in [2.75, 3.05) is 0 Å².